The van der Waals surface area contributed by atoms with Crippen LogP contribution in [0.15, 0.2) is 91.0 Å². The van der Waals surface area contributed by atoms with Crippen molar-refractivity contribution >= 4 is 0 Å². The van der Waals surface area contributed by atoms with Crippen LogP contribution in [0.5, 0.6) is 0 Å². The molecule has 1 aliphatic heterocycles. The van der Waals surface area contributed by atoms with Gasteiger partial charge in [0.25, 0.3) is 0 Å². The van der Waals surface area contributed by atoms with Gasteiger partial charge in [-0.05, 0) is 16.7 Å². The molecule has 0 aromatic heterocycles. The quantitative estimate of drug-likeness (QED) is 0.622. The minimum Gasteiger partial charge on any atom is -0.355 e. The van der Waals surface area contributed by atoms with Gasteiger partial charge in [-0.25, -0.2) is 0 Å². The molecule has 0 aliphatic carbocycles. The fraction of sp³-hybridized carbons (Fsp3) is 0.143. The molecule has 1 heteroatoms. The minimum atomic E-state index is -0.232. The number of hydrogen-bond acceptors (Lipinski definition) is 1. The van der Waals surface area contributed by atoms with Crippen molar-refractivity contribution in [2.24, 2.45) is 0 Å². The van der Waals surface area contributed by atoms with Crippen molar-refractivity contribution in [2.75, 3.05) is 0 Å². The lowest BCUT2D eigenvalue weighted by molar-refractivity contribution is 0.295. The lowest BCUT2D eigenvalue weighted by Gasteiger charge is -2.14. The van der Waals surface area contributed by atoms with E-state index in [0.29, 0.717) is 0 Å². The molecule has 0 spiro atoms. The Morgan fingerprint density at radius 1 is 0.682 bits per heavy atom. The van der Waals surface area contributed by atoms with Gasteiger partial charge in [-0.3, -0.25) is 0 Å². The molecule has 3 aromatic rings. The second kappa shape index (κ2) is 5.43. The highest BCUT2D eigenvalue weighted by molar-refractivity contribution is 5.38. The molecule has 0 bridgehead atoms. The van der Waals surface area contributed by atoms with Crippen LogP contribution in [0.3, 0.4) is 0 Å². The highest BCUT2D eigenvalue weighted by atomic mass is 16.6. The van der Waals surface area contributed by atoms with Gasteiger partial charge in [-0.1, -0.05) is 91.0 Å². The summed E-state index contributed by atoms with van der Waals surface area (Å²) in [5.74, 6) is 0. The van der Waals surface area contributed by atoms with Gasteiger partial charge >= 0.3 is 0 Å². The van der Waals surface area contributed by atoms with E-state index in [1.54, 1.807) is 0 Å². The third-order valence-electron chi connectivity index (χ3n) is 4.37. The first-order chi connectivity index (χ1) is 10.9. The summed E-state index contributed by atoms with van der Waals surface area (Å²) in [7, 11) is 0. The van der Waals surface area contributed by atoms with E-state index < -0.39 is 0 Å². The standard InChI is InChI=1S/C21H18O/c1-4-10-17(11-5-1)16-21(19-14-8-3-9-15-19)20(22-21)18-12-6-2-7-13-18/h1-15,20H,16H2. The smallest absolute Gasteiger partial charge is 0.128 e. The highest BCUT2D eigenvalue weighted by Crippen LogP contribution is 2.58. The molecule has 1 fully saturated rings. The van der Waals surface area contributed by atoms with Gasteiger partial charge in [-0.2, -0.15) is 0 Å². The topological polar surface area (TPSA) is 12.5 Å². The number of hydrogen-bond donors (Lipinski definition) is 0. The molecule has 2 unspecified atom stereocenters. The fourth-order valence-corrected chi connectivity index (χ4v) is 3.22. The Hall–Kier alpha value is -2.38. The molecule has 1 nitrogen and oxygen atoms in total. The SMILES string of the molecule is c1ccc(CC2(c3ccccc3)OC2c2ccccc2)cc1. The number of epoxide rings is 1. The zero-order chi connectivity index (χ0) is 14.8. The third-order valence-corrected chi connectivity index (χ3v) is 4.37. The van der Waals surface area contributed by atoms with E-state index in [2.05, 4.69) is 84.9 Å². The first kappa shape index (κ1) is 13.3. The lowest BCUT2D eigenvalue weighted by Crippen LogP contribution is -2.14. The van der Waals surface area contributed by atoms with Crippen LogP contribution < -0.4 is 0 Å². The summed E-state index contributed by atoms with van der Waals surface area (Å²) in [6, 6.07) is 31.7. The summed E-state index contributed by atoms with van der Waals surface area (Å²) in [5, 5.41) is 0. The molecule has 2 atom stereocenters. The Morgan fingerprint density at radius 2 is 1.23 bits per heavy atom. The number of benzene rings is 3. The molecule has 1 aliphatic rings. The van der Waals surface area contributed by atoms with Crippen molar-refractivity contribution in [2.45, 2.75) is 18.1 Å². The highest BCUT2D eigenvalue weighted by Gasteiger charge is 2.58. The zero-order valence-corrected chi connectivity index (χ0v) is 12.4. The van der Waals surface area contributed by atoms with Crippen LogP contribution in [-0.4, -0.2) is 0 Å². The average molecular weight is 286 g/mol. The molecule has 1 heterocycles. The molecule has 0 N–H and O–H groups in total. The monoisotopic (exact) mass is 286 g/mol. The van der Waals surface area contributed by atoms with Crippen molar-refractivity contribution in [3.63, 3.8) is 0 Å². The number of rotatable bonds is 4. The fourth-order valence-electron chi connectivity index (χ4n) is 3.22. The predicted molar refractivity (Wildman–Crippen MR) is 88.5 cm³/mol. The van der Waals surface area contributed by atoms with E-state index in [9.17, 15) is 0 Å². The molecule has 4 rings (SSSR count). The molecule has 0 saturated carbocycles. The van der Waals surface area contributed by atoms with Gasteiger partial charge in [0.2, 0.25) is 0 Å². The Morgan fingerprint density at radius 3 is 1.86 bits per heavy atom. The molecular weight excluding hydrogens is 268 g/mol. The van der Waals surface area contributed by atoms with Crippen LogP contribution in [0.25, 0.3) is 0 Å². The Bertz CT molecular complexity index is 737. The Balaban J connectivity index is 1.72. The van der Waals surface area contributed by atoms with E-state index >= 15 is 0 Å². The molecule has 0 radical (unpaired) electrons. The Labute approximate surface area is 131 Å². The van der Waals surface area contributed by atoms with E-state index in [4.69, 9.17) is 4.74 Å². The normalized spacial score (nSPS) is 23.2. The van der Waals surface area contributed by atoms with Crippen LogP contribution in [0.1, 0.15) is 22.8 Å². The van der Waals surface area contributed by atoms with Crippen LogP contribution in [-0.2, 0) is 16.8 Å². The van der Waals surface area contributed by atoms with Crippen molar-refractivity contribution < 1.29 is 4.74 Å². The summed E-state index contributed by atoms with van der Waals surface area (Å²) in [4.78, 5) is 0. The Kier molecular flexibility index (Phi) is 3.28. The molecule has 3 aromatic carbocycles. The van der Waals surface area contributed by atoms with Crippen molar-refractivity contribution in [3.05, 3.63) is 108 Å². The van der Waals surface area contributed by atoms with Crippen molar-refractivity contribution in [1.82, 2.24) is 0 Å². The van der Waals surface area contributed by atoms with Crippen molar-refractivity contribution in [3.8, 4) is 0 Å². The lowest BCUT2D eigenvalue weighted by atomic mass is 9.86. The van der Waals surface area contributed by atoms with Crippen LogP contribution >= 0.6 is 0 Å². The van der Waals surface area contributed by atoms with Crippen LogP contribution in [0.4, 0.5) is 0 Å². The summed E-state index contributed by atoms with van der Waals surface area (Å²) < 4.78 is 6.28. The second-order valence-corrected chi connectivity index (χ2v) is 5.83. The molecular formula is C21H18O. The van der Waals surface area contributed by atoms with Gasteiger partial charge in [0.1, 0.15) is 11.7 Å². The van der Waals surface area contributed by atoms with E-state index in [1.807, 2.05) is 6.07 Å². The van der Waals surface area contributed by atoms with Gasteiger partial charge in [-0.15, -0.1) is 0 Å². The third kappa shape index (κ3) is 2.34. The van der Waals surface area contributed by atoms with Gasteiger partial charge in [0.05, 0.1) is 0 Å². The largest absolute Gasteiger partial charge is 0.355 e. The van der Waals surface area contributed by atoms with Crippen LogP contribution in [0, 0.1) is 0 Å². The van der Waals surface area contributed by atoms with E-state index in [-0.39, 0.29) is 11.7 Å². The van der Waals surface area contributed by atoms with Crippen LogP contribution in [0.2, 0.25) is 0 Å². The summed E-state index contributed by atoms with van der Waals surface area (Å²) >= 11 is 0. The van der Waals surface area contributed by atoms with Gasteiger partial charge in [0.15, 0.2) is 0 Å². The van der Waals surface area contributed by atoms with E-state index in [1.165, 1.54) is 16.7 Å². The maximum Gasteiger partial charge on any atom is 0.128 e. The number of ether oxygens (including phenoxy) is 1. The van der Waals surface area contributed by atoms with Crippen molar-refractivity contribution in [1.29, 1.82) is 0 Å². The summed E-state index contributed by atoms with van der Waals surface area (Å²) in [6.07, 6.45) is 1.04. The van der Waals surface area contributed by atoms with E-state index in [0.717, 1.165) is 6.42 Å². The molecule has 22 heavy (non-hydrogen) atoms. The maximum absolute atomic E-state index is 6.28. The average Bonchev–Trinajstić information content (AvgIpc) is 3.33. The summed E-state index contributed by atoms with van der Waals surface area (Å²) in [6.45, 7) is 0. The second-order valence-electron chi connectivity index (χ2n) is 5.83. The van der Waals surface area contributed by atoms with Gasteiger partial charge in [0, 0.05) is 6.42 Å². The molecule has 1 saturated heterocycles. The summed E-state index contributed by atoms with van der Waals surface area (Å²) in [5.41, 5.74) is 3.59. The first-order valence-corrected chi connectivity index (χ1v) is 7.71. The molecule has 0 amide bonds. The predicted octanol–water partition coefficient (Wildman–Crippen LogP) is 4.90. The zero-order valence-electron chi connectivity index (χ0n) is 12.4. The maximum atomic E-state index is 6.28. The first-order valence-electron chi connectivity index (χ1n) is 7.71. The molecule has 108 valence electrons. The van der Waals surface area contributed by atoms with Gasteiger partial charge < -0.3 is 4.74 Å². The minimum absolute atomic E-state index is 0.135.